The molecule has 1 aromatic carbocycles. The van der Waals surface area contributed by atoms with E-state index in [1.54, 1.807) is 6.07 Å². The smallest absolute Gasteiger partial charge is 0.299 e. The third-order valence-corrected chi connectivity index (χ3v) is 3.55. The highest BCUT2D eigenvalue weighted by Crippen LogP contribution is 2.39. The number of ketones is 1. The van der Waals surface area contributed by atoms with Gasteiger partial charge in [-0.1, -0.05) is 23.2 Å². The first-order valence-electron chi connectivity index (χ1n) is 5.79. The Kier molecular flexibility index (Phi) is 4.08. The third kappa shape index (κ3) is 2.44. The largest absolute Gasteiger partial charge is 0.303 e. The number of Topliss-reactive ketones (excluding diaryl/α,β-unsaturated/α-hetero) is 1. The lowest BCUT2D eigenvalue weighted by molar-refractivity contribution is -0.114. The van der Waals surface area contributed by atoms with Gasteiger partial charge in [0.2, 0.25) is 0 Å². The van der Waals surface area contributed by atoms with E-state index in [-0.39, 0.29) is 10.6 Å². The Morgan fingerprint density at radius 2 is 1.84 bits per heavy atom. The summed E-state index contributed by atoms with van der Waals surface area (Å²) in [5.41, 5.74) is 0.570. The lowest BCUT2D eigenvalue weighted by atomic mass is 10.1. The van der Waals surface area contributed by atoms with Gasteiger partial charge in [0.1, 0.15) is 0 Å². The van der Waals surface area contributed by atoms with Crippen LogP contribution in [0.5, 0.6) is 0 Å². The quantitative estimate of drug-likeness (QED) is 0.633. The monoisotopic (exact) mass is 296 g/mol. The molecule has 2 rings (SSSR count). The number of rotatable bonds is 4. The Labute approximate surface area is 120 Å². The highest BCUT2D eigenvalue weighted by molar-refractivity contribution is 6.56. The lowest BCUT2D eigenvalue weighted by Crippen LogP contribution is -2.30. The number of hydrogen-bond donors (Lipinski definition) is 0. The molecule has 0 bridgehead atoms. The molecular weight excluding hydrogens is 287 g/mol. The van der Waals surface area contributed by atoms with Crippen molar-refractivity contribution in [1.29, 1.82) is 5.26 Å². The zero-order valence-corrected chi connectivity index (χ0v) is 11.5. The molecule has 0 aromatic heterocycles. The van der Waals surface area contributed by atoms with Gasteiger partial charge in [0.25, 0.3) is 11.7 Å². The molecule has 0 saturated carbocycles. The van der Waals surface area contributed by atoms with Crippen molar-refractivity contribution in [2.45, 2.75) is 19.3 Å². The van der Waals surface area contributed by atoms with Crippen LogP contribution in [0.4, 0.5) is 5.69 Å². The summed E-state index contributed by atoms with van der Waals surface area (Å²) < 4.78 is 0. The van der Waals surface area contributed by atoms with Crippen molar-refractivity contribution in [1.82, 2.24) is 0 Å². The van der Waals surface area contributed by atoms with E-state index in [9.17, 15) is 9.59 Å². The summed E-state index contributed by atoms with van der Waals surface area (Å²) >= 11 is 12.0. The number of nitrogens with zero attached hydrogens (tertiary/aromatic N) is 2. The summed E-state index contributed by atoms with van der Waals surface area (Å²) in [7, 11) is 0. The van der Waals surface area contributed by atoms with Gasteiger partial charge < -0.3 is 4.90 Å². The van der Waals surface area contributed by atoms with Crippen LogP contribution >= 0.6 is 23.2 Å². The summed E-state index contributed by atoms with van der Waals surface area (Å²) in [5, 5.41) is 9.03. The average molecular weight is 297 g/mol. The SMILES string of the molecule is N#CCCCCN1C(=O)C(=O)c2c(Cl)ccc(Cl)c21. The van der Waals surface area contributed by atoms with E-state index in [4.69, 9.17) is 28.5 Å². The van der Waals surface area contributed by atoms with E-state index < -0.39 is 11.7 Å². The zero-order valence-electron chi connectivity index (χ0n) is 9.95. The molecule has 1 amide bonds. The first-order valence-corrected chi connectivity index (χ1v) is 6.54. The number of fused-ring (bicyclic) bond motifs is 1. The van der Waals surface area contributed by atoms with Crippen LogP contribution in [0, 0.1) is 11.3 Å². The zero-order chi connectivity index (χ0) is 14.0. The van der Waals surface area contributed by atoms with Gasteiger partial charge in [-0.2, -0.15) is 5.26 Å². The Morgan fingerprint density at radius 3 is 2.53 bits per heavy atom. The molecule has 0 spiro atoms. The maximum Gasteiger partial charge on any atom is 0.299 e. The van der Waals surface area contributed by atoms with Gasteiger partial charge in [-0.25, -0.2) is 0 Å². The van der Waals surface area contributed by atoms with E-state index in [1.165, 1.54) is 11.0 Å². The Balaban J connectivity index is 2.29. The van der Waals surface area contributed by atoms with E-state index >= 15 is 0 Å². The second-order valence-electron chi connectivity index (χ2n) is 4.15. The van der Waals surface area contributed by atoms with E-state index in [0.717, 1.165) is 0 Å². The first-order chi connectivity index (χ1) is 9.07. The van der Waals surface area contributed by atoms with Gasteiger partial charge in [-0.15, -0.1) is 0 Å². The number of benzene rings is 1. The lowest BCUT2D eigenvalue weighted by Gasteiger charge is -2.17. The number of halogens is 2. The highest BCUT2D eigenvalue weighted by atomic mass is 35.5. The number of anilines is 1. The molecule has 0 aliphatic carbocycles. The number of nitriles is 1. The molecule has 1 aromatic rings. The van der Waals surface area contributed by atoms with Crippen molar-refractivity contribution in [2.24, 2.45) is 0 Å². The number of carbonyl (C=O) groups is 2. The average Bonchev–Trinajstić information content (AvgIpc) is 2.65. The minimum atomic E-state index is -0.622. The van der Waals surface area contributed by atoms with Crippen molar-refractivity contribution in [2.75, 3.05) is 11.4 Å². The molecule has 0 N–H and O–H groups in total. The van der Waals surface area contributed by atoms with E-state index in [0.29, 0.717) is 36.5 Å². The van der Waals surface area contributed by atoms with Crippen LogP contribution in [0.3, 0.4) is 0 Å². The molecule has 1 aliphatic rings. The van der Waals surface area contributed by atoms with Crippen molar-refractivity contribution >= 4 is 40.6 Å². The van der Waals surface area contributed by atoms with E-state index in [2.05, 4.69) is 0 Å². The summed E-state index contributed by atoms with van der Waals surface area (Å²) in [4.78, 5) is 25.2. The predicted octanol–water partition coefficient (Wildman–Crippen LogP) is 3.22. The maximum atomic E-state index is 11.9. The molecule has 1 heterocycles. The summed E-state index contributed by atoms with van der Waals surface area (Å²) in [6, 6.07) is 5.11. The van der Waals surface area contributed by atoms with Gasteiger partial charge >= 0.3 is 0 Å². The van der Waals surface area contributed by atoms with Gasteiger partial charge in [0.15, 0.2) is 0 Å². The van der Waals surface area contributed by atoms with Crippen LogP contribution in [-0.4, -0.2) is 18.2 Å². The second-order valence-corrected chi connectivity index (χ2v) is 4.97. The fraction of sp³-hybridized carbons (Fsp3) is 0.308. The molecule has 0 radical (unpaired) electrons. The van der Waals surface area contributed by atoms with Crippen molar-refractivity contribution in [3.05, 3.63) is 27.7 Å². The Morgan fingerprint density at radius 1 is 1.16 bits per heavy atom. The molecule has 0 atom stereocenters. The second kappa shape index (κ2) is 5.60. The van der Waals surface area contributed by atoms with Crippen molar-refractivity contribution in [3.8, 4) is 6.07 Å². The van der Waals surface area contributed by atoms with Gasteiger partial charge in [-0.3, -0.25) is 9.59 Å². The van der Waals surface area contributed by atoms with Crippen LogP contribution in [0.1, 0.15) is 29.6 Å². The standard InChI is InChI=1S/C13H10Cl2N2O2/c14-8-4-5-9(15)11-10(8)12(18)13(19)17(11)7-3-1-2-6-16/h4-5H,1-3,7H2. The minimum absolute atomic E-state index is 0.180. The normalized spacial score (nSPS) is 13.6. The highest BCUT2D eigenvalue weighted by Gasteiger charge is 2.38. The predicted molar refractivity (Wildman–Crippen MR) is 72.6 cm³/mol. The molecular formula is C13H10Cl2N2O2. The number of amides is 1. The maximum absolute atomic E-state index is 11.9. The topological polar surface area (TPSA) is 61.2 Å². The van der Waals surface area contributed by atoms with Crippen molar-refractivity contribution in [3.63, 3.8) is 0 Å². The number of hydrogen-bond acceptors (Lipinski definition) is 3. The fourth-order valence-corrected chi connectivity index (χ4v) is 2.54. The molecule has 1 aliphatic heterocycles. The van der Waals surface area contributed by atoms with Crippen molar-refractivity contribution < 1.29 is 9.59 Å². The van der Waals surface area contributed by atoms with Gasteiger partial charge in [0, 0.05) is 13.0 Å². The van der Waals surface area contributed by atoms with Crippen LogP contribution in [0.25, 0.3) is 0 Å². The summed E-state index contributed by atoms with van der Waals surface area (Å²) in [6.45, 7) is 0.360. The Hall–Kier alpha value is -1.57. The minimum Gasteiger partial charge on any atom is -0.303 e. The number of unbranched alkanes of at least 4 members (excludes halogenated alkanes) is 2. The summed E-state index contributed by atoms with van der Waals surface area (Å²) in [5.74, 6) is -1.23. The molecule has 98 valence electrons. The number of carbonyl (C=O) groups excluding carboxylic acids is 2. The Bertz CT molecular complexity index is 593. The van der Waals surface area contributed by atoms with Crippen LogP contribution in [-0.2, 0) is 4.79 Å². The van der Waals surface area contributed by atoms with Crippen LogP contribution < -0.4 is 4.90 Å². The molecule has 6 heteroatoms. The third-order valence-electron chi connectivity index (χ3n) is 2.93. The van der Waals surface area contributed by atoms with Gasteiger partial charge in [0.05, 0.1) is 27.4 Å². The van der Waals surface area contributed by atoms with Crippen LogP contribution in [0.2, 0.25) is 10.0 Å². The summed E-state index contributed by atoms with van der Waals surface area (Å²) in [6.07, 6.45) is 1.73. The van der Waals surface area contributed by atoms with Gasteiger partial charge in [-0.05, 0) is 25.0 Å². The molecule has 0 saturated heterocycles. The molecule has 19 heavy (non-hydrogen) atoms. The first kappa shape index (κ1) is 13.9. The fourth-order valence-electron chi connectivity index (χ4n) is 2.04. The molecule has 0 fully saturated rings. The molecule has 4 nitrogen and oxygen atoms in total. The molecule has 0 unspecified atom stereocenters. The van der Waals surface area contributed by atoms with E-state index in [1.807, 2.05) is 6.07 Å². The van der Waals surface area contributed by atoms with Crippen LogP contribution in [0.15, 0.2) is 12.1 Å².